The van der Waals surface area contributed by atoms with Crippen molar-refractivity contribution in [2.75, 3.05) is 0 Å². The molecule has 0 radical (unpaired) electrons. The Bertz CT molecular complexity index is 1020. The normalized spacial score (nSPS) is 31.7. The summed E-state index contributed by atoms with van der Waals surface area (Å²) >= 11 is 0. The van der Waals surface area contributed by atoms with Crippen molar-refractivity contribution in [1.29, 1.82) is 0 Å². The van der Waals surface area contributed by atoms with Crippen molar-refractivity contribution in [3.8, 4) is 0 Å². The number of nitrogens with one attached hydrogen (secondary N) is 1. The summed E-state index contributed by atoms with van der Waals surface area (Å²) in [5.74, 6) is 3.09. The molecule has 4 fully saturated rings. The van der Waals surface area contributed by atoms with Crippen molar-refractivity contribution in [3.05, 3.63) is 48.0 Å². The zero-order chi connectivity index (χ0) is 19.6. The lowest BCUT2D eigenvalue weighted by molar-refractivity contribution is -0.0706. The minimum Gasteiger partial charge on any atom is -0.341 e. The summed E-state index contributed by atoms with van der Waals surface area (Å²) in [5, 5.41) is 6.78. The Balaban J connectivity index is 1.26. The van der Waals surface area contributed by atoms with Gasteiger partial charge in [-0.3, -0.25) is 0 Å². The van der Waals surface area contributed by atoms with Crippen LogP contribution in [0, 0.1) is 23.2 Å². The lowest BCUT2D eigenvalue weighted by Crippen LogP contribution is -2.54. The van der Waals surface area contributed by atoms with Gasteiger partial charge in [0.1, 0.15) is 0 Å². The van der Waals surface area contributed by atoms with Crippen LogP contribution in [0.2, 0.25) is 0 Å². The first-order valence-electron chi connectivity index (χ1n) is 11.9. The molecule has 0 spiro atoms. The topological polar surface area (TPSA) is 17.0 Å². The van der Waals surface area contributed by atoms with E-state index < -0.39 is 0 Å². The van der Waals surface area contributed by atoms with Crippen LogP contribution in [0.4, 0.5) is 0 Å². The average molecular weight is 387 g/mol. The van der Waals surface area contributed by atoms with E-state index in [4.69, 9.17) is 0 Å². The van der Waals surface area contributed by atoms with Gasteiger partial charge in [-0.25, -0.2) is 0 Å². The van der Waals surface area contributed by atoms with Crippen LogP contribution < -0.4 is 5.32 Å². The molecule has 29 heavy (non-hydrogen) atoms. The summed E-state index contributed by atoms with van der Waals surface area (Å²) in [6.07, 6.45) is 9.04. The van der Waals surface area contributed by atoms with Gasteiger partial charge in [0.15, 0.2) is 0 Å². The number of fused-ring (bicyclic) bond motifs is 3. The third-order valence-corrected chi connectivity index (χ3v) is 8.77. The first kappa shape index (κ1) is 18.0. The van der Waals surface area contributed by atoms with Gasteiger partial charge in [-0.05, 0) is 99.3 Å². The highest BCUT2D eigenvalue weighted by molar-refractivity contribution is 6.08. The van der Waals surface area contributed by atoms with E-state index >= 15 is 0 Å². The molecule has 152 valence electrons. The maximum atomic E-state index is 3.98. The average Bonchev–Trinajstić information content (AvgIpc) is 3.04. The van der Waals surface area contributed by atoms with Crippen molar-refractivity contribution in [3.63, 3.8) is 0 Å². The zero-order valence-electron chi connectivity index (χ0n) is 18.0. The minimum atomic E-state index is 0.580. The highest BCUT2D eigenvalue weighted by Crippen LogP contribution is 2.61. The van der Waals surface area contributed by atoms with Crippen LogP contribution in [0.3, 0.4) is 0 Å². The van der Waals surface area contributed by atoms with Crippen LogP contribution in [-0.2, 0) is 13.1 Å². The van der Waals surface area contributed by atoms with E-state index in [1.165, 1.54) is 65.9 Å². The summed E-state index contributed by atoms with van der Waals surface area (Å²) in [5.41, 5.74) is 4.73. The van der Waals surface area contributed by atoms with Gasteiger partial charge in [-0.1, -0.05) is 24.3 Å². The van der Waals surface area contributed by atoms with Gasteiger partial charge in [0, 0.05) is 40.9 Å². The van der Waals surface area contributed by atoms with Gasteiger partial charge >= 0.3 is 0 Å². The predicted octanol–water partition coefficient (Wildman–Crippen LogP) is 6.51. The van der Waals surface area contributed by atoms with Gasteiger partial charge in [0.2, 0.25) is 0 Å². The molecule has 4 saturated carbocycles. The molecule has 4 aliphatic rings. The number of hydrogen-bond acceptors (Lipinski definition) is 1. The second-order valence-electron chi connectivity index (χ2n) is 10.5. The molecule has 0 saturated heterocycles. The maximum Gasteiger partial charge on any atom is 0.0491 e. The summed E-state index contributed by atoms with van der Waals surface area (Å²) < 4.78 is 2.44. The number of aromatic nitrogens is 1. The Morgan fingerprint density at radius 2 is 1.59 bits per heavy atom. The Morgan fingerprint density at radius 1 is 0.931 bits per heavy atom. The second kappa shape index (κ2) is 6.60. The molecule has 0 unspecified atom stereocenters. The first-order chi connectivity index (χ1) is 14.1. The molecule has 2 nitrogen and oxygen atoms in total. The fraction of sp³-hybridized carbons (Fsp3) is 0.556. The molecular weight excluding hydrogens is 352 g/mol. The Morgan fingerprint density at radius 3 is 2.28 bits per heavy atom. The molecule has 0 amide bonds. The van der Waals surface area contributed by atoms with Crippen LogP contribution in [-0.4, -0.2) is 10.6 Å². The Kier molecular flexibility index (Phi) is 4.10. The number of aryl methyl sites for hydroxylation is 1. The maximum absolute atomic E-state index is 3.98. The smallest absolute Gasteiger partial charge is 0.0491 e. The van der Waals surface area contributed by atoms with E-state index in [1.807, 2.05) is 0 Å². The quantitative estimate of drug-likeness (QED) is 0.529. The summed E-state index contributed by atoms with van der Waals surface area (Å²) in [4.78, 5) is 0. The highest BCUT2D eigenvalue weighted by Gasteiger charge is 2.52. The second-order valence-corrected chi connectivity index (χ2v) is 10.5. The molecule has 4 bridgehead atoms. The van der Waals surface area contributed by atoms with E-state index in [9.17, 15) is 0 Å². The summed E-state index contributed by atoms with van der Waals surface area (Å²) in [6, 6.07) is 16.6. The van der Waals surface area contributed by atoms with Crippen molar-refractivity contribution in [2.24, 2.45) is 23.2 Å². The molecule has 1 N–H and O–H groups in total. The molecule has 1 heterocycles. The van der Waals surface area contributed by atoms with E-state index in [0.717, 1.165) is 30.8 Å². The van der Waals surface area contributed by atoms with E-state index in [1.54, 1.807) is 0 Å². The standard InChI is InChI=1S/C27H34N2/c1-3-29-25-7-5-4-6-23(25)24-13-19(8-9-26(24)29)17-28-18(2)27-14-20-10-21(15-27)12-22(11-20)16-27/h4-9,13,18,20-22,28H,3,10-12,14-17H2,1-2H3/t18-,20?,21?,22?,27?/m1/s1. The van der Waals surface area contributed by atoms with Gasteiger partial charge < -0.3 is 9.88 Å². The van der Waals surface area contributed by atoms with Gasteiger partial charge in [-0.2, -0.15) is 0 Å². The Labute approximate surface area is 174 Å². The first-order valence-corrected chi connectivity index (χ1v) is 11.9. The molecule has 1 aromatic heterocycles. The van der Waals surface area contributed by atoms with Crippen LogP contribution >= 0.6 is 0 Å². The third-order valence-electron chi connectivity index (χ3n) is 8.77. The monoisotopic (exact) mass is 386 g/mol. The highest BCUT2D eigenvalue weighted by atomic mass is 15.0. The number of hydrogen-bond donors (Lipinski definition) is 1. The predicted molar refractivity (Wildman–Crippen MR) is 122 cm³/mol. The zero-order valence-corrected chi connectivity index (χ0v) is 18.0. The fourth-order valence-corrected chi connectivity index (χ4v) is 7.75. The van der Waals surface area contributed by atoms with Crippen LogP contribution in [0.5, 0.6) is 0 Å². The van der Waals surface area contributed by atoms with Gasteiger partial charge in [0.25, 0.3) is 0 Å². The number of rotatable bonds is 5. The number of nitrogens with zero attached hydrogens (tertiary/aromatic N) is 1. The summed E-state index contributed by atoms with van der Waals surface area (Å²) in [7, 11) is 0. The number of benzene rings is 2. The molecule has 4 aliphatic carbocycles. The molecule has 2 heteroatoms. The lowest BCUT2D eigenvalue weighted by atomic mass is 9.48. The van der Waals surface area contributed by atoms with Crippen molar-refractivity contribution in [2.45, 2.75) is 71.5 Å². The van der Waals surface area contributed by atoms with Gasteiger partial charge in [0.05, 0.1) is 0 Å². The van der Waals surface area contributed by atoms with Crippen LogP contribution in [0.1, 0.15) is 57.9 Å². The molecular formula is C27H34N2. The third kappa shape index (κ3) is 2.79. The molecule has 2 aromatic carbocycles. The fourth-order valence-electron chi connectivity index (χ4n) is 7.75. The van der Waals surface area contributed by atoms with Crippen molar-refractivity contribution >= 4 is 21.8 Å². The minimum absolute atomic E-state index is 0.580. The van der Waals surface area contributed by atoms with Gasteiger partial charge in [-0.15, -0.1) is 0 Å². The van der Waals surface area contributed by atoms with Crippen LogP contribution in [0.15, 0.2) is 42.5 Å². The van der Waals surface area contributed by atoms with Crippen molar-refractivity contribution in [1.82, 2.24) is 9.88 Å². The van der Waals surface area contributed by atoms with Crippen LogP contribution in [0.25, 0.3) is 21.8 Å². The molecule has 3 aromatic rings. The SMILES string of the molecule is CCn1c2ccccc2c2cc(CN[C@H](C)C34CC5CC(CC(C5)C3)C4)ccc21. The van der Waals surface area contributed by atoms with E-state index in [2.05, 4.69) is 66.2 Å². The van der Waals surface area contributed by atoms with E-state index in [-0.39, 0.29) is 0 Å². The summed E-state index contributed by atoms with van der Waals surface area (Å²) in [6.45, 7) is 6.73. The van der Waals surface area contributed by atoms with E-state index in [0.29, 0.717) is 11.5 Å². The lowest BCUT2D eigenvalue weighted by Gasteiger charge is -2.59. The van der Waals surface area contributed by atoms with Crippen molar-refractivity contribution < 1.29 is 0 Å². The largest absolute Gasteiger partial charge is 0.341 e. The molecule has 0 aliphatic heterocycles. The molecule has 1 atom stereocenters. The Hall–Kier alpha value is -1.80. The number of para-hydroxylation sites is 1. The molecule has 7 rings (SSSR count).